The van der Waals surface area contributed by atoms with Crippen LogP contribution in [0.4, 0.5) is 0 Å². The van der Waals surface area contributed by atoms with Crippen molar-refractivity contribution in [1.29, 1.82) is 0 Å². The first-order chi connectivity index (χ1) is 11.3. The fraction of sp³-hybridized carbons (Fsp3) is 0.316. The molecule has 1 unspecified atom stereocenters. The number of likely N-dealkylation sites (N-methyl/N-ethyl adjacent to an activating group) is 1. The number of hydrogen-bond acceptors (Lipinski definition) is 3. The Hall–Kier alpha value is -2.33. The van der Waals surface area contributed by atoms with Gasteiger partial charge in [-0.1, -0.05) is 36.4 Å². The standard InChI is InChI=1S/C19H22N2O2/c1-20-17-10-11-21(13-17)19(22)16-8-5-9-18(12-16)23-14-15-6-3-2-4-7-15/h2-9,12,17,20H,10-11,13-14H2,1H3. The van der Waals surface area contributed by atoms with Gasteiger partial charge in [0.25, 0.3) is 5.91 Å². The van der Waals surface area contributed by atoms with Crippen LogP contribution in [0.1, 0.15) is 22.3 Å². The average molecular weight is 310 g/mol. The Morgan fingerprint density at radius 3 is 2.78 bits per heavy atom. The van der Waals surface area contributed by atoms with E-state index in [1.54, 1.807) is 0 Å². The summed E-state index contributed by atoms with van der Waals surface area (Å²) in [5, 5.41) is 3.23. The van der Waals surface area contributed by atoms with Crippen LogP contribution in [0, 0.1) is 0 Å². The first-order valence-corrected chi connectivity index (χ1v) is 7.99. The van der Waals surface area contributed by atoms with Gasteiger partial charge in [0.1, 0.15) is 12.4 Å². The maximum atomic E-state index is 12.6. The van der Waals surface area contributed by atoms with E-state index in [-0.39, 0.29) is 5.91 Å². The SMILES string of the molecule is CNC1CCN(C(=O)c2cccc(OCc3ccccc3)c2)C1. The van der Waals surface area contributed by atoms with Crippen molar-refractivity contribution in [2.75, 3.05) is 20.1 Å². The maximum absolute atomic E-state index is 12.6. The van der Waals surface area contributed by atoms with Crippen LogP contribution in [0.3, 0.4) is 0 Å². The Morgan fingerprint density at radius 1 is 1.22 bits per heavy atom. The van der Waals surface area contributed by atoms with Crippen molar-refractivity contribution in [3.8, 4) is 5.75 Å². The van der Waals surface area contributed by atoms with Crippen LogP contribution in [0.25, 0.3) is 0 Å². The zero-order valence-corrected chi connectivity index (χ0v) is 13.4. The molecule has 23 heavy (non-hydrogen) atoms. The molecule has 1 saturated heterocycles. The summed E-state index contributed by atoms with van der Waals surface area (Å²) in [5.74, 6) is 0.803. The van der Waals surface area contributed by atoms with Gasteiger partial charge in [-0.05, 0) is 37.2 Å². The van der Waals surface area contributed by atoms with Gasteiger partial charge in [-0.3, -0.25) is 4.79 Å². The van der Waals surface area contributed by atoms with Crippen LogP contribution in [0.5, 0.6) is 5.75 Å². The molecule has 4 nitrogen and oxygen atoms in total. The Bertz CT molecular complexity index is 657. The lowest BCUT2D eigenvalue weighted by Crippen LogP contribution is -2.33. The molecule has 1 aliphatic heterocycles. The smallest absolute Gasteiger partial charge is 0.254 e. The highest BCUT2D eigenvalue weighted by atomic mass is 16.5. The normalized spacial score (nSPS) is 17.3. The van der Waals surface area contributed by atoms with Gasteiger partial charge >= 0.3 is 0 Å². The second-order valence-corrected chi connectivity index (χ2v) is 5.83. The van der Waals surface area contributed by atoms with E-state index in [4.69, 9.17) is 4.74 Å². The van der Waals surface area contributed by atoms with E-state index in [2.05, 4.69) is 5.32 Å². The lowest BCUT2D eigenvalue weighted by atomic mass is 10.2. The molecule has 2 aromatic carbocycles. The van der Waals surface area contributed by atoms with E-state index in [0.29, 0.717) is 18.2 Å². The van der Waals surface area contributed by atoms with Crippen molar-refractivity contribution < 1.29 is 9.53 Å². The number of likely N-dealkylation sites (tertiary alicyclic amines) is 1. The van der Waals surface area contributed by atoms with Crippen molar-refractivity contribution in [2.45, 2.75) is 19.1 Å². The summed E-state index contributed by atoms with van der Waals surface area (Å²) in [5.41, 5.74) is 1.80. The highest BCUT2D eigenvalue weighted by Crippen LogP contribution is 2.19. The van der Waals surface area contributed by atoms with Crippen LogP contribution >= 0.6 is 0 Å². The molecule has 0 aromatic heterocycles. The Kier molecular flexibility index (Phi) is 4.93. The monoisotopic (exact) mass is 310 g/mol. The molecular formula is C19H22N2O2. The molecule has 0 bridgehead atoms. The van der Waals surface area contributed by atoms with Gasteiger partial charge in [-0.15, -0.1) is 0 Å². The molecule has 1 atom stereocenters. The van der Waals surface area contributed by atoms with E-state index in [9.17, 15) is 4.79 Å². The number of benzene rings is 2. The molecule has 1 N–H and O–H groups in total. The van der Waals surface area contributed by atoms with E-state index in [0.717, 1.165) is 30.8 Å². The lowest BCUT2D eigenvalue weighted by molar-refractivity contribution is 0.0789. The summed E-state index contributed by atoms with van der Waals surface area (Å²) in [4.78, 5) is 14.5. The van der Waals surface area contributed by atoms with Crippen molar-refractivity contribution in [2.24, 2.45) is 0 Å². The number of ether oxygens (including phenoxy) is 1. The van der Waals surface area contributed by atoms with Crippen molar-refractivity contribution >= 4 is 5.91 Å². The topological polar surface area (TPSA) is 41.6 Å². The number of carbonyl (C=O) groups is 1. The van der Waals surface area contributed by atoms with Gasteiger partial charge in [-0.2, -0.15) is 0 Å². The fourth-order valence-corrected chi connectivity index (χ4v) is 2.82. The van der Waals surface area contributed by atoms with Crippen LogP contribution in [0.2, 0.25) is 0 Å². The molecule has 1 fully saturated rings. The maximum Gasteiger partial charge on any atom is 0.254 e. The molecular weight excluding hydrogens is 288 g/mol. The lowest BCUT2D eigenvalue weighted by Gasteiger charge is -2.17. The summed E-state index contributed by atoms with van der Waals surface area (Å²) in [7, 11) is 1.94. The van der Waals surface area contributed by atoms with Crippen molar-refractivity contribution in [1.82, 2.24) is 10.2 Å². The quantitative estimate of drug-likeness (QED) is 0.923. The number of nitrogens with one attached hydrogen (secondary N) is 1. The second-order valence-electron chi connectivity index (χ2n) is 5.83. The second kappa shape index (κ2) is 7.29. The zero-order chi connectivity index (χ0) is 16.1. The van der Waals surface area contributed by atoms with Gasteiger partial charge in [0.15, 0.2) is 0 Å². The van der Waals surface area contributed by atoms with Gasteiger partial charge in [-0.25, -0.2) is 0 Å². The Morgan fingerprint density at radius 2 is 2.04 bits per heavy atom. The fourth-order valence-electron chi connectivity index (χ4n) is 2.82. The summed E-state index contributed by atoms with van der Waals surface area (Å²) in [6.07, 6.45) is 1.01. The Balaban J connectivity index is 1.64. The van der Waals surface area contributed by atoms with Crippen LogP contribution in [-0.4, -0.2) is 37.0 Å². The van der Waals surface area contributed by atoms with E-state index in [1.165, 1.54) is 0 Å². The first-order valence-electron chi connectivity index (χ1n) is 7.99. The van der Waals surface area contributed by atoms with E-state index >= 15 is 0 Å². The third-order valence-electron chi connectivity index (χ3n) is 4.21. The molecule has 2 aromatic rings. The van der Waals surface area contributed by atoms with Crippen molar-refractivity contribution in [3.63, 3.8) is 0 Å². The molecule has 3 rings (SSSR count). The highest BCUT2D eigenvalue weighted by molar-refractivity contribution is 5.94. The minimum absolute atomic E-state index is 0.0768. The van der Waals surface area contributed by atoms with Crippen LogP contribution in [0.15, 0.2) is 54.6 Å². The van der Waals surface area contributed by atoms with Crippen LogP contribution < -0.4 is 10.1 Å². The molecule has 0 spiro atoms. The summed E-state index contributed by atoms with van der Waals surface area (Å²) in [6, 6.07) is 17.9. The summed E-state index contributed by atoms with van der Waals surface area (Å²) in [6.45, 7) is 2.08. The van der Waals surface area contributed by atoms with Gasteiger partial charge in [0, 0.05) is 24.7 Å². The van der Waals surface area contributed by atoms with E-state index < -0.39 is 0 Å². The molecule has 1 heterocycles. The minimum Gasteiger partial charge on any atom is -0.489 e. The Labute approximate surface area is 137 Å². The molecule has 1 amide bonds. The average Bonchev–Trinajstić information content (AvgIpc) is 3.10. The number of rotatable bonds is 5. The predicted molar refractivity (Wildman–Crippen MR) is 90.6 cm³/mol. The number of hydrogen-bond donors (Lipinski definition) is 1. The van der Waals surface area contributed by atoms with Gasteiger partial charge in [0.2, 0.25) is 0 Å². The third kappa shape index (κ3) is 3.90. The number of amides is 1. The zero-order valence-electron chi connectivity index (χ0n) is 13.4. The summed E-state index contributed by atoms with van der Waals surface area (Å²) < 4.78 is 5.80. The van der Waals surface area contributed by atoms with Gasteiger partial charge < -0.3 is 15.0 Å². The number of nitrogens with zero attached hydrogens (tertiary/aromatic N) is 1. The third-order valence-corrected chi connectivity index (χ3v) is 4.21. The van der Waals surface area contributed by atoms with E-state index in [1.807, 2.05) is 66.5 Å². The van der Waals surface area contributed by atoms with Gasteiger partial charge in [0.05, 0.1) is 0 Å². The predicted octanol–water partition coefficient (Wildman–Crippen LogP) is 2.70. The molecule has 1 aliphatic rings. The highest BCUT2D eigenvalue weighted by Gasteiger charge is 2.25. The summed E-state index contributed by atoms with van der Waals surface area (Å²) >= 11 is 0. The largest absolute Gasteiger partial charge is 0.489 e. The molecule has 4 heteroatoms. The molecule has 0 radical (unpaired) electrons. The minimum atomic E-state index is 0.0768. The molecule has 0 aliphatic carbocycles. The molecule has 120 valence electrons. The molecule has 0 saturated carbocycles. The first kappa shape index (κ1) is 15.6. The number of carbonyl (C=O) groups excluding carboxylic acids is 1. The van der Waals surface area contributed by atoms with Crippen molar-refractivity contribution in [3.05, 3.63) is 65.7 Å². The van der Waals surface area contributed by atoms with Crippen LogP contribution in [-0.2, 0) is 6.61 Å².